The predicted molar refractivity (Wildman–Crippen MR) is 92.5 cm³/mol. The smallest absolute Gasteiger partial charge is 0.325 e. The molecule has 1 aromatic heterocycles. The van der Waals surface area contributed by atoms with Crippen LogP contribution in [0.1, 0.15) is 23.7 Å². The molecule has 0 amide bonds. The van der Waals surface area contributed by atoms with Crippen molar-refractivity contribution in [2.75, 3.05) is 26.2 Å². The zero-order valence-electron chi connectivity index (χ0n) is 13.7. The van der Waals surface area contributed by atoms with E-state index in [1.165, 1.54) is 0 Å². The Morgan fingerprint density at radius 3 is 2.54 bits per heavy atom. The van der Waals surface area contributed by atoms with Gasteiger partial charge in [-0.3, -0.25) is 19.6 Å². The van der Waals surface area contributed by atoms with E-state index in [4.69, 9.17) is 0 Å². The van der Waals surface area contributed by atoms with Crippen LogP contribution in [0.5, 0.6) is 0 Å². The molecule has 1 unspecified atom stereocenters. The van der Waals surface area contributed by atoms with Crippen LogP contribution in [0.15, 0.2) is 54.7 Å². The van der Waals surface area contributed by atoms with Crippen molar-refractivity contribution < 1.29 is 9.90 Å². The van der Waals surface area contributed by atoms with E-state index < -0.39 is 12.0 Å². The molecule has 0 spiro atoms. The lowest BCUT2D eigenvalue weighted by molar-refractivity contribution is -0.143. The summed E-state index contributed by atoms with van der Waals surface area (Å²) in [6.07, 6.45) is 2.78. The van der Waals surface area contributed by atoms with E-state index in [1.807, 2.05) is 54.7 Å². The number of carboxylic acid groups (broad SMARTS) is 1. The van der Waals surface area contributed by atoms with Gasteiger partial charge in [-0.25, -0.2) is 0 Å². The van der Waals surface area contributed by atoms with Crippen LogP contribution < -0.4 is 0 Å². The minimum absolute atomic E-state index is 0.569. The molecule has 0 saturated carbocycles. The van der Waals surface area contributed by atoms with Gasteiger partial charge in [0.25, 0.3) is 0 Å². The molecule has 5 nitrogen and oxygen atoms in total. The number of pyridine rings is 1. The van der Waals surface area contributed by atoms with E-state index in [9.17, 15) is 9.90 Å². The monoisotopic (exact) mass is 325 g/mol. The fraction of sp³-hybridized carbons (Fsp3) is 0.368. The Bertz CT molecular complexity index is 648. The third-order valence-corrected chi connectivity index (χ3v) is 4.45. The third kappa shape index (κ3) is 4.19. The highest BCUT2D eigenvalue weighted by molar-refractivity contribution is 5.75. The Balaban J connectivity index is 1.66. The summed E-state index contributed by atoms with van der Waals surface area (Å²) in [6.45, 7) is 4.18. The Morgan fingerprint density at radius 1 is 1.04 bits per heavy atom. The van der Waals surface area contributed by atoms with Crippen molar-refractivity contribution in [2.24, 2.45) is 0 Å². The number of benzene rings is 1. The van der Waals surface area contributed by atoms with E-state index in [-0.39, 0.29) is 0 Å². The topological polar surface area (TPSA) is 56.7 Å². The van der Waals surface area contributed by atoms with Gasteiger partial charge in [-0.2, -0.15) is 0 Å². The average Bonchev–Trinajstić information content (AvgIpc) is 2.82. The summed E-state index contributed by atoms with van der Waals surface area (Å²) in [5, 5.41) is 9.71. The summed E-state index contributed by atoms with van der Waals surface area (Å²) in [7, 11) is 0. The Kier molecular flexibility index (Phi) is 5.56. The van der Waals surface area contributed by atoms with Crippen molar-refractivity contribution in [3.63, 3.8) is 0 Å². The maximum absolute atomic E-state index is 11.8. The molecule has 3 rings (SSSR count). The summed E-state index contributed by atoms with van der Waals surface area (Å²) in [5.41, 5.74) is 1.91. The van der Waals surface area contributed by atoms with Gasteiger partial charge in [0.2, 0.25) is 0 Å². The van der Waals surface area contributed by atoms with Crippen molar-refractivity contribution in [3.05, 3.63) is 66.0 Å². The average molecular weight is 325 g/mol. The van der Waals surface area contributed by atoms with Crippen molar-refractivity contribution in [1.82, 2.24) is 14.8 Å². The molecule has 2 heterocycles. The van der Waals surface area contributed by atoms with Gasteiger partial charge in [-0.1, -0.05) is 36.4 Å². The van der Waals surface area contributed by atoms with Crippen LogP contribution in [0.25, 0.3) is 0 Å². The maximum atomic E-state index is 11.8. The van der Waals surface area contributed by atoms with Crippen molar-refractivity contribution in [2.45, 2.75) is 19.0 Å². The van der Waals surface area contributed by atoms with Crippen molar-refractivity contribution >= 4 is 5.97 Å². The number of carboxylic acids is 1. The normalized spacial score (nSPS) is 18.0. The van der Waals surface area contributed by atoms with Crippen LogP contribution in [-0.2, 0) is 11.3 Å². The Hall–Kier alpha value is -2.24. The second kappa shape index (κ2) is 8.04. The maximum Gasteiger partial charge on any atom is 0.325 e. The molecule has 1 aliphatic rings. The minimum Gasteiger partial charge on any atom is -0.480 e. The first-order chi connectivity index (χ1) is 11.7. The first-order valence-electron chi connectivity index (χ1n) is 8.38. The molecule has 1 atom stereocenters. The summed E-state index contributed by atoms with van der Waals surface area (Å²) in [6, 6.07) is 14.9. The lowest BCUT2D eigenvalue weighted by Crippen LogP contribution is -2.37. The van der Waals surface area contributed by atoms with E-state index >= 15 is 0 Å². The van der Waals surface area contributed by atoms with Gasteiger partial charge in [-0.15, -0.1) is 0 Å². The van der Waals surface area contributed by atoms with Gasteiger partial charge >= 0.3 is 5.97 Å². The van der Waals surface area contributed by atoms with E-state index in [0.717, 1.165) is 50.4 Å². The molecule has 0 bridgehead atoms. The Morgan fingerprint density at radius 2 is 1.83 bits per heavy atom. The zero-order chi connectivity index (χ0) is 16.8. The van der Waals surface area contributed by atoms with Crippen LogP contribution in [0.3, 0.4) is 0 Å². The summed E-state index contributed by atoms with van der Waals surface area (Å²) in [4.78, 5) is 20.6. The molecule has 5 heteroatoms. The zero-order valence-corrected chi connectivity index (χ0v) is 13.7. The summed E-state index contributed by atoms with van der Waals surface area (Å²) in [5.74, 6) is -0.778. The fourth-order valence-electron chi connectivity index (χ4n) is 3.27. The lowest BCUT2D eigenvalue weighted by Gasteiger charge is -2.28. The molecule has 126 valence electrons. The van der Waals surface area contributed by atoms with Crippen LogP contribution in [0.2, 0.25) is 0 Å². The first kappa shape index (κ1) is 16.6. The van der Waals surface area contributed by atoms with Gasteiger partial charge in [0, 0.05) is 32.4 Å². The molecule has 0 aliphatic carbocycles. The minimum atomic E-state index is -0.778. The van der Waals surface area contributed by atoms with Crippen molar-refractivity contribution in [1.29, 1.82) is 0 Å². The number of nitrogens with zero attached hydrogens (tertiary/aromatic N) is 3. The standard InChI is InChI=1S/C19H23N3O2/c23-19(24)18(16-7-2-1-3-8-16)22-12-6-11-21(13-14-22)15-17-9-4-5-10-20-17/h1-5,7-10,18H,6,11-15H2,(H,23,24). The second-order valence-electron chi connectivity index (χ2n) is 6.14. The number of hydrogen-bond acceptors (Lipinski definition) is 4. The van der Waals surface area contributed by atoms with Crippen LogP contribution in [0.4, 0.5) is 0 Å². The third-order valence-electron chi connectivity index (χ3n) is 4.45. The number of aromatic nitrogens is 1. The van der Waals surface area contributed by atoms with Gasteiger partial charge in [0.15, 0.2) is 0 Å². The molecule has 24 heavy (non-hydrogen) atoms. The number of carbonyl (C=O) groups is 1. The van der Waals surface area contributed by atoms with E-state index in [1.54, 1.807) is 0 Å². The molecule has 0 radical (unpaired) electrons. The molecule has 1 saturated heterocycles. The van der Waals surface area contributed by atoms with E-state index in [0.29, 0.717) is 0 Å². The summed E-state index contributed by atoms with van der Waals surface area (Å²) >= 11 is 0. The number of rotatable bonds is 5. The van der Waals surface area contributed by atoms with Gasteiger partial charge < -0.3 is 5.11 Å². The molecule has 1 aliphatic heterocycles. The van der Waals surface area contributed by atoms with Gasteiger partial charge in [-0.05, 0) is 30.7 Å². The molecule has 1 N–H and O–H groups in total. The second-order valence-corrected chi connectivity index (χ2v) is 6.14. The highest BCUT2D eigenvalue weighted by Crippen LogP contribution is 2.22. The van der Waals surface area contributed by atoms with E-state index in [2.05, 4.69) is 14.8 Å². The largest absolute Gasteiger partial charge is 0.480 e. The lowest BCUT2D eigenvalue weighted by atomic mass is 10.1. The summed E-state index contributed by atoms with van der Waals surface area (Å²) < 4.78 is 0. The molecule has 1 fully saturated rings. The number of aliphatic carboxylic acids is 1. The quantitative estimate of drug-likeness (QED) is 0.915. The van der Waals surface area contributed by atoms with Gasteiger partial charge in [0.1, 0.15) is 6.04 Å². The van der Waals surface area contributed by atoms with Gasteiger partial charge in [0.05, 0.1) is 5.69 Å². The highest BCUT2D eigenvalue weighted by atomic mass is 16.4. The molecular weight excluding hydrogens is 302 g/mol. The number of hydrogen-bond donors (Lipinski definition) is 1. The van der Waals surface area contributed by atoms with Crippen molar-refractivity contribution in [3.8, 4) is 0 Å². The highest BCUT2D eigenvalue weighted by Gasteiger charge is 2.28. The first-order valence-corrected chi connectivity index (χ1v) is 8.38. The SMILES string of the molecule is O=C(O)C(c1ccccc1)N1CCCN(Cc2ccccn2)CC1. The van der Waals surface area contributed by atoms with Crippen LogP contribution >= 0.6 is 0 Å². The Labute approximate surface area is 142 Å². The van der Waals surface area contributed by atoms with Crippen LogP contribution in [0, 0.1) is 0 Å². The fourth-order valence-corrected chi connectivity index (χ4v) is 3.27. The van der Waals surface area contributed by atoms with Crippen LogP contribution in [-0.4, -0.2) is 52.0 Å². The predicted octanol–water partition coefficient (Wildman–Crippen LogP) is 2.42. The molecule has 2 aromatic rings. The molecule has 1 aromatic carbocycles. The molecular formula is C19H23N3O2.